The minimum absolute atomic E-state index is 0.181. The largest absolute Gasteiger partial charge is 0.493 e. The first kappa shape index (κ1) is 20.5. The van der Waals surface area contributed by atoms with Gasteiger partial charge in [-0.05, 0) is 30.3 Å². The summed E-state index contributed by atoms with van der Waals surface area (Å²) in [6.45, 7) is 0. The number of aryl methyl sites for hydroxylation is 1. The fourth-order valence-corrected chi connectivity index (χ4v) is 2.88. The van der Waals surface area contributed by atoms with E-state index in [9.17, 15) is 4.79 Å². The molecule has 3 aromatic rings. The van der Waals surface area contributed by atoms with Crippen molar-refractivity contribution in [2.45, 2.75) is 12.8 Å². The molecule has 0 saturated heterocycles. The number of hydrogen-bond acceptors (Lipinski definition) is 7. The summed E-state index contributed by atoms with van der Waals surface area (Å²) in [4.78, 5) is 16.5. The van der Waals surface area contributed by atoms with Gasteiger partial charge in [0.05, 0.1) is 21.3 Å². The highest BCUT2D eigenvalue weighted by molar-refractivity contribution is 6.30. The number of nitrogens with zero attached hydrogens (tertiary/aromatic N) is 2. The van der Waals surface area contributed by atoms with Gasteiger partial charge < -0.3 is 24.1 Å². The van der Waals surface area contributed by atoms with Crippen LogP contribution in [0.2, 0.25) is 5.02 Å². The van der Waals surface area contributed by atoms with Crippen LogP contribution in [0.3, 0.4) is 0 Å². The lowest BCUT2D eigenvalue weighted by atomic mass is 10.1. The minimum atomic E-state index is -0.181. The summed E-state index contributed by atoms with van der Waals surface area (Å²) in [5, 5.41) is 7.30. The highest BCUT2D eigenvalue weighted by Crippen LogP contribution is 2.40. The monoisotopic (exact) mass is 417 g/mol. The van der Waals surface area contributed by atoms with Crippen LogP contribution in [0.15, 0.2) is 40.9 Å². The van der Waals surface area contributed by atoms with Gasteiger partial charge in [-0.3, -0.25) is 4.79 Å². The van der Waals surface area contributed by atoms with Crippen LogP contribution in [0.1, 0.15) is 12.3 Å². The Balaban J connectivity index is 1.68. The summed E-state index contributed by atoms with van der Waals surface area (Å²) < 4.78 is 21.3. The summed E-state index contributed by atoms with van der Waals surface area (Å²) in [6.07, 6.45) is 0.479. The Morgan fingerprint density at radius 3 is 2.45 bits per heavy atom. The summed E-state index contributed by atoms with van der Waals surface area (Å²) in [5.74, 6) is 1.95. The van der Waals surface area contributed by atoms with Gasteiger partial charge in [-0.1, -0.05) is 22.8 Å². The quantitative estimate of drug-likeness (QED) is 0.592. The lowest BCUT2D eigenvalue weighted by molar-refractivity contribution is -0.116. The summed E-state index contributed by atoms with van der Waals surface area (Å²) >= 11 is 5.91. The van der Waals surface area contributed by atoms with Gasteiger partial charge in [-0.2, -0.15) is 4.98 Å². The van der Waals surface area contributed by atoms with Crippen LogP contribution in [0.5, 0.6) is 17.2 Å². The standard InChI is InChI=1S/C20H20ClN3O5/c1-26-15-9-12(10-16(27-2)19(15)28-3)20-23-18(29-24-20)8-7-17(25)22-14-6-4-5-13(21)11-14/h4-6,9-11H,7-8H2,1-3H3,(H,22,25). The number of anilines is 1. The van der Waals surface area contributed by atoms with Gasteiger partial charge >= 0.3 is 0 Å². The van der Waals surface area contributed by atoms with E-state index in [1.165, 1.54) is 21.3 Å². The molecule has 0 unspecified atom stereocenters. The second-order valence-corrected chi connectivity index (χ2v) is 6.42. The molecule has 1 aromatic heterocycles. The Labute approximate surface area is 172 Å². The molecule has 0 radical (unpaired) electrons. The molecule has 1 amide bonds. The number of halogens is 1. The highest BCUT2D eigenvalue weighted by Gasteiger charge is 2.17. The first-order valence-corrected chi connectivity index (χ1v) is 9.10. The number of aromatic nitrogens is 2. The number of carbonyl (C=O) groups is 1. The summed E-state index contributed by atoms with van der Waals surface area (Å²) in [6, 6.07) is 10.4. The van der Waals surface area contributed by atoms with Gasteiger partial charge in [0.25, 0.3) is 0 Å². The van der Waals surface area contributed by atoms with Crippen LogP contribution in [0.25, 0.3) is 11.4 Å². The predicted octanol–water partition coefficient (Wildman–Crippen LogP) is 3.99. The van der Waals surface area contributed by atoms with Gasteiger partial charge in [0.15, 0.2) is 11.5 Å². The molecular weight excluding hydrogens is 398 g/mol. The van der Waals surface area contributed by atoms with E-state index >= 15 is 0 Å². The Morgan fingerprint density at radius 1 is 1.10 bits per heavy atom. The molecule has 0 saturated carbocycles. The molecular formula is C20H20ClN3O5. The van der Waals surface area contributed by atoms with E-state index in [1.54, 1.807) is 36.4 Å². The van der Waals surface area contributed by atoms with Crippen LogP contribution in [0.4, 0.5) is 5.69 Å². The normalized spacial score (nSPS) is 10.5. The Hall–Kier alpha value is -3.26. The van der Waals surface area contributed by atoms with E-state index in [0.717, 1.165) is 0 Å². The molecule has 1 heterocycles. The van der Waals surface area contributed by atoms with E-state index in [0.29, 0.717) is 51.7 Å². The van der Waals surface area contributed by atoms with Crippen LogP contribution >= 0.6 is 11.6 Å². The molecule has 0 bridgehead atoms. The third-order valence-electron chi connectivity index (χ3n) is 4.07. The van der Waals surface area contributed by atoms with Crippen molar-refractivity contribution in [2.24, 2.45) is 0 Å². The number of methoxy groups -OCH3 is 3. The van der Waals surface area contributed by atoms with Crippen molar-refractivity contribution in [1.29, 1.82) is 0 Å². The molecule has 3 rings (SSSR count). The van der Waals surface area contributed by atoms with Crippen molar-refractivity contribution >= 4 is 23.2 Å². The molecule has 2 aromatic carbocycles. The number of carbonyl (C=O) groups excluding carboxylic acids is 1. The molecule has 0 aliphatic carbocycles. The smallest absolute Gasteiger partial charge is 0.227 e. The van der Waals surface area contributed by atoms with E-state index < -0.39 is 0 Å². The molecule has 1 N–H and O–H groups in total. The lowest BCUT2D eigenvalue weighted by Gasteiger charge is -2.12. The average molecular weight is 418 g/mol. The highest BCUT2D eigenvalue weighted by atomic mass is 35.5. The van der Waals surface area contributed by atoms with Crippen molar-refractivity contribution in [3.05, 3.63) is 47.3 Å². The van der Waals surface area contributed by atoms with Crippen molar-refractivity contribution in [3.63, 3.8) is 0 Å². The second-order valence-electron chi connectivity index (χ2n) is 5.98. The zero-order valence-electron chi connectivity index (χ0n) is 16.2. The fourth-order valence-electron chi connectivity index (χ4n) is 2.69. The maximum atomic E-state index is 12.1. The topological polar surface area (TPSA) is 95.7 Å². The maximum absolute atomic E-state index is 12.1. The van der Waals surface area contributed by atoms with E-state index in [1.807, 2.05) is 0 Å². The molecule has 152 valence electrons. The number of ether oxygens (including phenoxy) is 3. The Morgan fingerprint density at radius 2 is 1.83 bits per heavy atom. The average Bonchev–Trinajstić information content (AvgIpc) is 3.20. The molecule has 9 heteroatoms. The SMILES string of the molecule is COc1cc(-c2noc(CCC(=O)Nc3cccc(Cl)c3)n2)cc(OC)c1OC. The molecule has 0 fully saturated rings. The van der Waals surface area contributed by atoms with Crippen molar-refractivity contribution < 1.29 is 23.5 Å². The van der Waals surface area contributed by atoms with Gasteiger partial charge in [0, 0.05) is 29.1 Å². The second kappa shape index (κ2) is 9.29. The molecule has 0 atom stereocenters. The van der Waals surface area contributed by atoms with E-state index in [4.69, 9.17) is 30.3 Å². The van der Waals surface area contributed by atoms with E-state index in [-0.39, 0.29) is 12.3 Å². The zero-order valence-corrected chi connectivity index (χ0v) is 16.9. The lowest BCUT2D eigenvalue weighted by Crippen LogP contribution is -2.12. The third-order valence-corrected chi connectivity index (χ3v) is 4.30. The van der Waals surface area contributed by atoms with E-state index in [2.05, 4.69) is 15.5 Å². The molecule has 0 spiro atoms. The third kappa shape index (κ3) is 4.97. The van der Waals surface area contributed by atoms with Gasteiger partial charge in [-0.25, -0.2) is 0 Å². The van der Waals surface area contributed by atoms with Crippen LogP contribution in [-0.2, 0) is 11.2 Å². The van der Waals surface area contributed by atoms with Crippen LogP contribution < -0.4 is 19.5 Å². The number of rotatable bonds is 8. The summed E-state index contributed by atoms with van der Waals surface area (Å²) in [7, 11) is 4.59. The van der Waals surface area contributed by atoms with Crippen LogP contribution in [0, 0.1) is 0 Å². The zero-order chi connectivity index (χ0) is 20.8. The Bertz CT molecular complexity index is 980. The van der Waals surface area contributed by atoms with Crippen molar-refractivity contribution in [3.8, 4) is 28.6 Å². The first-order chi connectivity index (χ1) is 14.0. The number of hydrogen-bond donors (Lipinski definition) is 1. The molecule has 29 heavy (non-hydrogen) atoms. The van der Waals surface area contributed by atoms with Crippen molar-refractivity contribution in [1.82, 2.24) is 10.1 Å². The number of amides is 1. The van der Waals surface area contributed by atoms with Crippen molar-refractivity contribution in [2.75, 3.05) is 26.6 Å². The van der Waals surface area contributed by atoms with Gasteiger partial charge in [-0.15, -0.1) is 0 Å². The Kier molecular flexibility index (Phi) is 6.56. The van der Waals surface area contributed by atoms with Gasteiger partial charge in [0.2, 0.25) is 23.4 Å². The fraction of sp³-hybridized carbons (Fsp3) is 0.250. The molecule has 8 nitrogen and oxygen atoms in total. The summed E-state index contributed by atoms with van der Waals surface area (Å²) in [5.41, 5.74) is 1.27. The minimum Gasteiger partial charge on any atom is -0.493 e. The van der Waals surface area contributed by atoms with Gasteiger partial charge in [0.1, 0.15) is 0 Å². The molecule has 0 aliphatic rings. The maximum Gasteiger partial charge on any atom is 0.227 e. The van der Waals surface area contributed by atoms with Crippen LogP contribution in [-0.4, -0.2) is 37.4 Å². The molecule has 0 aliphatic heterocycles. The first-order valence-electron chi connectivity index (χ1n) is 8.72. The number of nitrogens with one attached hydrogen (secondary N) is 1. The number of benzene rings is 2. The predicted molar refractivity (Wildman–Crippen MR) is 108 cm³/mol.